The lowest BCUT2D eigenvalue weighted by atomic mass is 10.1. The van der Waals surface area contributed by atoms with Crippen molar-refractivity contribution in [2.75, 3.05) is 52.9 Å². The van der Waals surface area contributed by atoms with Gasteiger partial charge in [-0.3, -0.25) is 0 Å². The van der Waals surface area contributed by atoms with Crippen molar-refractivity contribution in [1.82, 2.24) is 15.1 Å². The Morgan fingerprint density at radius 1 is 1.13 bits per heavy atom. The molecule has 1 fully saturated rings. The van der Waals surface area contributed by atoms with Crippen LogP contribution in [0.5, 0.6) is 0 Å². The third-order valence-corrected chi connectivity index (χ3v) is 3.13. The largest absolute Gasteiger partial charge is 0.319 e. The lowest BCUT2D eigenvalue weighted by molar-refractivity contribution is 0.120. The average Bonchev–Trinajstić information content (AvgIpc) is 2.22. The maximum absolute atomic E-state index is 3.25. The van der Waals surface area contributed by atoms with Gasteiger partial charge in [0.2, 0.25) is 0 Å². The average molecular weight is 213 g/mol. The maximum Gasteiger partial charge on any atom is 0.0110 e. The van der Waals surface area contributed by atoms with E-state index >= 15 is 0 Å². The van der Waals surface area contributed by atoms with Gasteiger partial charge in [0.25, 0.3) is 0 Å². The van der Waals surface area contributed by atoms with Gasteiger partial charge < -0.3 is 15.1 Å². The summed E-state index contributed by atoms with van der Waals surface area (Å²) in [4.78, 5) is 5.19. The molecule has 0 spiro atoms. The Kier molecular flexibility index (Phi) is 6.22. The number of nitrogens with zero attached hydrogens (tertiary/aromatic N) is 2. The maximum atomic E-state index is 3.25. The summed E-state index contributed by atoms with van der Waals surface area (Å²) in [6.45, 7) is 13.3. The Morgan fingerprint density at radius 3 is 2.27 bits per heavy atom. The molecule has 1 rings (SSSR count). The topological polar surface area (TPSA) is 18.5 Å². The van der Waals surface area contributed by atoms with Crippen LogP contribution in [-0.2, 0) is 0 Å². The van der Waals surface area contributed by atoms with E-state index in [4.69, 9.17) is 0 Å². The molecule has 15 heavy (non-hydrogen) atoms. The summed E-state index contributed by atoms with van der Waals surface area (Å²) in [5.74, 6) is 0.771. The molecule has 1 N–H and O–H groups in total. The molecule has 0 aromatic carbocycles. The molecule has 3 nitrogen and oxygen atoms in total. The standard InChI is InChI=1S/C12H27N3/c1-4-5-14-6-8-15(9-7-14)11-12(2)10-13-3/h12-13H,4-11H2,1-3H3. The van der Waals surface area contributed by atoms with Crippen molar-refractivity contribution in [3.8, 4) is 0 Å². The second-order valence-corrected chi connectivity index (χ2v) is 4.81. The first kappa shape index (κ1) is 12.9. The first-order valence-electron chi connectivity index (χ1n) is 6.35. The summed E-state index contributed by atoms with van der Waals surface area (Å²) >= 11 is 0. The summed E-state index contributed by atoms with van der Waals surface area (Å²) in [5, 5.41) is 3.25. The molecule has 1 saturated heterocycles. The summed E-state index contributed by atoms with van der Waals surface area (Å²) < 4.78 is 0. The third kappa shape index (κ3) is 4.96. The van der Waals surface area contributed by atoms with Gasteiger partial charge in [-0.1, -0.05) is 13.8 Å². The van der Waals surface area contributed by atoms with Gasteiger partial charge in [-0.2, -0.15) is 0 Å². The zero-order valence-corrected chi connectivity index (χ0v) is 10.6. The van der Waals surface area contributed by atoms with Crippen molar-refractivity contribution in [3.05, 3.63) is 0 Å². The molecule has 1 atom stereocenters. The summed E-state index contributed by atoms with van der Waals surface area (Å²) in [6, 6.07) is 0. The van der Waals surface area contributed by atoms with Gasteiger partial charge in [0.15, 0.2) is 0 Å². The van der Waals surface area contributed by atoms with Crippen molar-refractivity contribution in [1.29, 1.82) is 0 Å². The van der Waals surface area contributed by atoms with Gasteiger partial charge >= 0.3 is 0 Å². The molecule has 90 valence electrons. The fraction of sp³-hybridized carbons (Fsp3) is 1.00. The third-order valence-electron chi connectivity index (χ3n) is 3.13. The van der Waals surface area contributed by atoms with Crippen LogP contribution in [0.2, 0.25) is 0 Å². The molecule has 1 aliphatic rings. The lowest BCUT2D eigenvalue weighted by Crippen LogP contribution is -2.48. The van der Waals surface area contributed by atoms with Crippen LogP contribution >= 0.6 is 0 Å². The zero-order valence-electron chi connectivity index (χ0n) is 10.6. The van der Waals surface area contributed by atoms with Gasteiger partial charge in [0.05, 0.1) is 0 Å². The van der Waals surface area contributed by atoms with Crippen LogP contribution in [0.1, 0.15) is 20.3 Å². The molecule has 0 radical (unpaired) electrons. The van der Waals surface area contributed by atoms with E-state index in [-0.39, 0.29) is 0 Å². The van der Waals surface area contributed by atoms with Crippen LogP contribution in [0.25, 0.3) is 0 Å². The molecule has 1 aliphatic heterocycles. The van der Waals surface area contributed by atoms with E-state index < -0.39 is 0 Å². The predicted octanol–water partition coefficient (Wildman–Crippen LogP) is 0.870. The number of hydrogen-bond acceptors (Lipinski definition) is 3. The van der Waals surface area contributed by atoms with E-state index in [1.807, 2.05) is 7.05 Å². The number of rotatable bonds is 6. The Labute approximate surface area is 94.8 Å². The summed E-state index contributed by atoms with van der Waals surface area (Å²) in [6.07, 6.45) is 1.29. The van der Waals surface area contributed by atoms with Crippen molar-refractivity contribution in [2.24, 2.45) is 5.92 Å². The molecule has 0 saturated carbocycles. The molecular formula is C12H27N3. The smallest absolute Gasteiger partial charge is 0.0110 e. The van der Waals surface area contributed by atoms with E-state index in [1.165, 1.54) is 45.7 Å². The van der Waals surface area contributed by atoms with Crippen LogP contribution in [0.3, 0.4) is 0 Å². The fourth-order valence-electron chi connectivity index (χ4n) is 2.37. The van der Waals surface area contributed by atoms with Gasteiger partial charge in [-0.15, -0.1) is 0 Å². The first-order valence-corrected chi connectivity index (χ1v) is 6.35. The lowest BCUT2D eigenvalue weighted by Gasteiger charge is -2.35. The Hall–Kier alpha value is -0.120. The highest BCUT2D eigenvalue weighted by molar-refractivity contribution is 4.73. The molecule has 3 heteroatoms. The van der Waals surface area contributed by atoms with Crippen LogP contribution in [0.4, 0.5) is 0 Å². The minimum absolute atomic E-state index is 0.771. The molecule has 0 aliphatic carbocycles. The van der Waals surface area contributed by atoms with E-state index in [2.05, 4.69) is 29.0 Å². The highest BCUT2D eigenvalue weighted by atomic mass is 15.3. The molecule has 0 bridgehead atoms. The number of hydrogen-bond donors (Lipinski definition) is 1. The fourth-order valence-corrected chi connectivity index (χ4v) is 2.37. The molecule has 1 heterocycles. The van der Waals surface area contributed by atoms with E-state index in [0.717, 1.165) is 12.5 Å². The monoisotopic (exact) mass is 213 g/mol. The van der Waals surface area contributed by atoms with E-state index in [9.17, 15) is 0 Å². The van der Waals surface area contributed by atoms with Gasteiger partial charge in [-0.25, -0.2) is 0 Å². The van der Waals surface area contributed by atoms with Crippen LogP contribution in [-0.4, -0.2) is 62.7 Å². The second kappa shape index (κ2) is 7.20. The Bertz CT molecular complexity index is 153. The molecule has 1 unspecified atom stereocenters. The molecular weight excluding hydrogens is 186 g/mol. The quantitative estimate of drug-likeness (QED) is 0.706. The SMILES string of the molecule is CCCN1CCN(CC(C)CNC)CC1. The molecule has 0 aromatic rings. The van der Waals surface area contributed by atoms with Crippen LogP contribution < -0.4 is 5.32 Å². The molecule has 0 amide bonds. The predicted molar refractivity (Wildman–Crippen MR) is 66.3 cm³/mol. The van der Waals surface area contributed by atoms with Crippen LogP contribution in [0, 0.1) is 5.92 Å². The van der Waals surface area contributed by atoms with Gasteiger partial charge in [-0.05, 0) is 32.5 Å². The highest BCUT2D eigenvalue weighted by Gasteiger charge is 2.17. The van der Waals surface area contributed by atoms with E-state index in [1.54, 1.807) is 0 Å². The Morgan fingerprint density at radius 2 is 1.73 bits per heavy atom. The number of piperazine rings is 1. The molecule has 0 aromatic heterocycles. The van der Waals surface area contributed by atoms with E-state index in [0.29, 0.717) is 0 Å². The van der Waals surface area contributed by atoms with Crippen molar-refractivity contribution < 1.29 is 0 Å². The zero-order chi connectivity index (χ0) is 11.1. The second-order valence-electron chi connectivity index (χ2n) is 4.81. The van der Waals surface area contributed by atoms with Crippen molar-refractivity contribution in [3.63, 3.8) is 0 Å². The minimum Gasteiger partial charge on any atom is -0.319 e. The van der Waals surface area contributed by atoms with Crippen molar-refractivity contribution in [2.45, 2.75) is 20.3 Å². The van der Waals surface area contributed by atoms with Gasteiger partial charge in [0.1, 0.15) is 0 Å². The Balaban J connectivity index is 2.14. The minimum atomic E-state index is 0.771. The highest BCUT2D eigenvalue weighted by Crippen LogP contribution is 2.05. The van der Waals surface area contributed by atoms with Crippen molar-refractivity contribution >= 4 is 0 Å². The summed E-state index contributed by atoms with van der Waals surface area (Å²) in [7, 11) is 2.04. The van der Waals surface area contributed by atoms with Gasteiger partial charge in [0, 0.05) is 32.7 Å². The van der Waals surface area contributed by atoms with Crippen LogP contribution in [0.15, 0.2) is 0 Å². The normalized spacial score (nSPS) is 21.8. The first-order chi connectivity index (χ1) is 7.26. The summed E-state index contributed by atoms with van der Waals surface area (Å²) in [5.41, 5.74) is 0. The number of nitrogens with one attached hydrogen (secondary N) is 1.